The Kier molecular flexibility index (Phi) is 7.65. The molecule has 0 saturated carbocycles. The Morgan fingerprint density at radius 2 is 1.58 bits per heavy atom. The minimum absolute atomic E-state index is 0.0184. The van der Waals surface area contributed by atoms with Crippen molar-refractivity contribution in [3.8, 4) is 0 Å². The average molecular weight is 266 g/mol. The predicted molar refractivity (Wildman–Crippen MR) is 73.4 cm³/mol. The number of hydrogen-bond acceptors (Lipinski definition) is 4. The Balaban J connectivity index is 4.97. The quantitative estimate of drug-likeness (QED) is 0.233. The van der Waals surface area contributed by atoms with Gasteiger partial charge in [0.2, 0.25) is 5.78 Å². The lowest BCUT2D eigenvalue weighted by molar-refractivity contribution is -0.141. The van der Waals surface area contributed by atoms with E-state index in [-0.39, 0.29) is 18.0 Å². The van der Waals surface area contributed by atoms with Crippen molar-refractivity contribution in [2.24, 2.45) is 0 Å². The molecule has 0 aromatic carbocycles. The minimum atomic E-state index is -0.548. The van der Waals surface area contributed by atoms with Crippen LogP contribution in [0.4, 0.5) is 0 Å². The van der Waals surface area contributed by atoms with E-state index in [9.17, 15) is 14.4 Å². The molecular weight excluding hydrogens is 244 g/mol. The van der Waals surface area contributed by atoms with Crippen LogP contribution in [0.25, 0.3) is 0 Å². The monoisotopic (exact) mass is 266 g/mol. The van der Waals surface area contributed by atoms with Crippen molar-refractivity contribution in [3.05, 3.63) is 23.0 Å². The van der Waals surface area contributed by atoms with E-state index in [1.807, 2.05) is 19.9 Å². The number of ketones is 2. The van der Waals surface area contributed by atoms with Gasteiger partial charge < -0.3 is 4.74 Å². The lowest BCUT2D eigenvalue weighted by Crippen LogP contribution is -2.14. The Labute approximate surface area is 114 Å². The van der Waals surface area contributed by atoms with E-state index in [0.29, 0.717) is 12.0 Å². The second kappa shape index (κ2) is 8.40. The van der Waals surface area contributed by atoms with Crippen molar-refractivity contribution in [1.29, 1.82) is 0 Å². The lowest BCUT2D eigenvalue weighted by Gasteiger charge is -2.09. The number of Topliss-reactive ketones (excluding diaryl/α,β-unsaturated/α-hetero) is 2. The van der Waals surface area contributed by atoms with E-state index >= 15 is 0 Å². The van der Waals surface area contributed by atoms with E-state index < -0.39 is 11.8 Å². The summed E-state index contributed by atoms with van der Waals surface area (Å²) in [5.41, 5.74) is 1.89. The van der Waals surface area contributed by atoms with Crippen LogP contribution < -0.4 is 0 Å². The number of hydrogen-bond donors (Lipinski definition) is 0. The van der Waals surface area contributed by atoms with Gasteiger partial charge in [0, 0.05) is 6.92 Å². The molecule has 0 amide bonds. The number of ether oxygens (including phenoxy) is 1. The number of rotatable bonds is 7. The molecular formula is C15H22O4. The standard InChI is InChI=1S/C15H22O4/c1-10(2)7-6-8-11(3)15(19-13(5)17)14(18)9-12(4)16/h7H,6,8-9H2,1-5H3/b15-11+. The maximum Gasteiger partial charge on any atom is 0.308 e. The first-order valence-corrected chi connectivity index (χ1v) is 6.28. The molecule has 0 spiro atoms. The molecule has 0 aromatic rings. The summed E-state index contributed by atoms with van der Waals surface area (Å²) in [6.45, 7) is 8.31. The van der Waals surface area contributed by atoms with Gasteiger partial charge in [0.05, 0.1) is 6.42 Å². The summed E-state index contributed by atoms with van der Waals surface area (Å²) in [6, 6.07) is 0. The van der Waals surface area contributed by atoms with Crippen molar-refractivity contribution < 1.29 is 19.1 Å². The van der Waals surface area contributed by atoms with Crippen molar-refractivity contribution in [3.63, 3.8) is 0 Å². The fraction of sp³-hybridized carbons (Fsp3) is 0.533. The summed E-state index contributed by atoms with van der Waals surface area (Å²) in [4.78, 5) is 33.9. The fourth-order valence-electron chi connectivity index (χ4n) is 1.52. The summed E-state index contributed by atoms with van der Waals surface area (Å²) in [5.74, 6) is -1.21. The number of carbonyl (C=O) groups is 3. The zero-order chi connectivity index (χ0) is 15.0. The van der Waals surface area contributed by atoms with Crippen LogP contribution in [0.3, 0.4) is 0 Å². The second-order valence-corrected chi connectivity index (χ2v) is 4.83. The molecule has 0 heterocycles. The molecule has 0 rings (SSSR count). The van der Waals surface area contributed by atoms with Gasteiger partial charge >= 0.3 is 5.97 Å². The number of allylic oxidation sites excluding steroid dienone is 4. The molecule has 0 radical (unpaired) electrons. The van der Waals surface area contributed by atoms with Crippen LogP contribution in [0.5, 0.6) is 0 Å². The Morgan fingerprint density at radius 3 is 2.00 bits per heavy atom. The van der Waals surface area contributed by atoms with Gasteiger partial charge in [-0.2, -0.15) is 0 Å². The SMILES string of the molecule is CC(=O)CC(=O)/C(OC(C)=O)=C(/C)CCC=C(C)C. The van der Waals surface area contributed by atoms with Gasteiger partial charge in [-0.15, -0.1) is 0 Å². The average Bonchev–Trinajstić information content (AvgIpc) is 2.23. The molecule has 0 fully saturated rings. The highest BCUT2D eigenvalue weighted by Gasteiger charge is 2.18. The summed E-state index contributed by atoms with van der Waals surface area (Å²) < 4.78 is 4.95. The molecule has 0 atom stereocenters. The van der Waals surface area contributed by atoms with E-state index in [1.165, 1.54) is 19.4 Å². The highest BCUT2D eigenvalue weighted by atomic mass is 16.5. The molecule has 0 unspecified atom stereocenters. The van der Waals surface area contributed by atoms with Gasteiger partial charge in [0.25, 0.3) is 0 Å². The van der Waals surface area contributed by atoms with Gasteiger partial charge in [0.1, 0.15) is 5.78 Å². The molecule has 0 aliphatic rings. The predicted octanol–water partition coefficient (Wildman–Crippen LogP) is 3.12. The van der Waals surface area contributed by atoms with Gasteiger partial charge in [-0.25, -0.2) is 0 Å². The highest BCUT2D eigenvalue weighted by Crippen LogP contribution is 2.16. The molecule has 0 aromatic heterocycles. The molecule has 0 N–H and O–H groups in total. The van der Waals surface area contributed by atoms with Crippen LogP contribution in [0.2, 0.25) is 0 Å². The smallest absolute Gasteiger partial charge is 0.308 e. The maximum absolute atomic E-state index is 11.9. The number of esters is 1. The topological polar surface area (TPSA) is 60.4 Å². The van der Waals surface area contributed by atoms with Crippen LogP contribution in [-0.2, 0) is 19.1 Å². The Bertz CT molecular complexity index is 423. The Hall–Kier alpha value is -1.71. The lowest BCUT2D eigenvalue weighted by atomic mass is 10.0. The summed E-state index contributed by atoms with van der Waals surface area (Å²) in [5, 5.41) is 0. The van der Waals surface area contributed by atoms with Crippen LogP contribution in [0.15, 0.2) is 23.0 Å². The van der Waals surface area contributed by atoms with Crippen molar-refractivity contribution in [2.75, 3.05) is 0 Å². The minimum Gasteiger partial charge on any atom is -0.423 e. The molecule has 0 bridgehead atoms. The third-order valence-electron chi connectivity index (χ3n) is 2.37. The molecule has 0 saturated heterocycles. The largest absolute Gasteiger partial charge is 0.423 e. The van der Waals surface area contributed by atoms with Gasteiger partial charge in [0.15, 0.2) is 5.76 Å². The third-order valence-corrected chi connectivity index (χ3v) is 2.37. The van der Waals surface area contributed by atoms with Crippen LogP contribution >= 0.6 is 0 Å². The van der Waals surface area contributed by atoms with Crippen molar-refractivity contribution >= 4 is 17.5 Å². The summed E-state index contributed by atoms with van der Waals surface area (Å²) in [7, 11) is 0. The van der Waals surface area contributed by atoms with E-state index in [2.05, 4.69) is 0 Å². The molecule has 106 valence electrons. The van der Waals surface area contributed by atoms with Crippen molar-refractivity contribution in [2.45, 2.75) is 53.9 Å². The highest BCUT2D eigenvalue weighted by molar-refractivity contribution is 6.07. The first kappa shape index (κ1) is 17.3. The van der Waals surface area contributed by atoms with Gasteiger partial charge in [-0.3, -0.25) is 14.4 Å². The molecule has 0 aliphatic carbocycles. The van der Waals surface area contributed by atoms with Crippen LogP contribution in [0, 0.1) is 0 Å². The molecule has 19 heavy (non-hydrogen) atoms. The Morgan fingerprint density at radius 1 is 1.00 bits per heavy atom. The van der Waals surface area contributed by atoms with E-state index in [4.69, 9.17) is 4.74 Å². The first-order valence-electron chi connectivity index (χ1n) is 6.28. The van der Waals surface area contributed by atoms with Crippen LogP contribution in [0.1, 0.15) is 53.9 Å². The van der Waals surface area contributed by atoms with Gasteiger partial charge in [-0.1, -0.05) is 11.6 Å². The summed E-state index contributed by atoms with van der Waals surface area (Å²) >= 11 is 0. The number of carbonyl (C=O) groups excluding carboxylic acids is 3. The normalized spacial score (nSPS) is 11.4. The van der Waals surface area contributed by atoms with E-state index in [1.54, 1.807) is 6.92 Å². The first-order chi connectivity index (χ1) is 8.73. The fourth-order valence-corrected chi connectivity index (χ4v) is 1.52. The zero-order valence-electron chi connectivity index (χ0n) is 12.3. The summed E-state index contributed by atoms with van der Waals surface area (Å²) in [6.07, 6.45) is 3.21. The zero-order valence-corrected chi connectivity index (χ0v) is 12.3. The van der Waals surface area contributed by atoms with Crippen LogP contribution in [-0.4, -0.2) is 17.5 Å². The molecule has 4 heteroatoms. The van der Waals surface area contributed by atoms with Crippen molar-refractivity contribution in [1.82, 2.24) is 0 Å². The maximum atomic E-state index is 11.9. The van der Waals surface area contributed by atoms with Gasteiger partial charge in [-0.05, 0) is 46.1 Å². The molecule has 4 nitrogen and oxygen atoms in total. The third kappa shape index (κ3) is 8.08. The molecule has 0 aliphatic heterocycles. The van der Waals surface area contributed by atoms with E-state index in [0.717, 1.165) is 6.42 Å². The second-order valence-electron chi connectivity index (χ2n) is 4.83.